The molecule has 0 N–H and O–H groups in total. The summed E-state index contributed by atoms with van der Waals surface area (Å²) in [5, 5.41) is 2.21. The van der Waals surface area contributed by atoms with Crippen LogP contribution in [0.15, 0.2) is 36.4 Å². The summed E-state index contributed by atoms with van der Waals surface area (Å²) >= 11 is 0. The molecule has 1 aliphatic rings. The highest BCUT2D eigenvalue weighted by Crippen LogP contribution is 2.25. The van der Waals surface area contributed by atoms with Gasteiger partial charge in [-0.05, 0) is 61.3 Å². The van der Waals surface area contributed by atoms with Crippen LogP contribution in [0.1, 0.15) is 31.2 Å². The highest BCUT2D eigenvalue weighted by Gasteiger charge is 2.18. The normalized spacial score (nSPS) is 15.6. The highest BCUT2D eigenvalue weighted by atomic mass is 35.5. The van der Waals surface area contributed by atoms with Crippen molar-refractivity contribution < 1.29 is 14.3 Å². The van der Waals surface area contributed by atoms with Crippen LogP contribution in [0.25, 0.3) is 10.8 Å². The zero-order valence-electron chi connectivity index (χ0n) is 14.9. The minimum Gasteiger partial charge on any atom is -0.497 e. The zero-order chi connectivity index (χ0) is 16.9. The SMILES string of the molecule is COc1ccc2cc(C(C)C(=O)OCCN3CCCC3)ccc2c1.Cl. The number of carbonyl (C=O) groups excluding carboxylic acids is 1. The first-order valence-electron chi connectivity index (χ1n) is 8.64. The summed E-state index contributed by atoms with van der Waals surface area (Å²) in [6, 6.07) is 12.0. The van der Waals surface area contributed by atoms with Gasteiger partial charge in [-0.15, -0.1) is 12.4 Å². The third-order valence-electron chi connectivity index (χ3n) is 4.78. The molecule has 1 aliphatic heterocycles. The lowest BCUT2D eigenvalue weighted by molar-refractivity contribution is -0.145. The highest BCUT2D eigenvalue weighted by molar-refractivity contribution is 5.86. The molecule has 0 bridgehead atoms. The topological polar surface area (TPSA) is 38.8 Å². The van der Waals surface area contributed by atoms with Crippen molar-refractivity contribution in [3.05, 3.63) is 42.0 Å². The fourth-order valence-corrected chi connectivity index (χ4v) is 3.18. The van der Waals surface area contributed by atoms with Gasteiger partial charge in [0.15, 0.2) is 0 Å². The predicted octanol–water partition coefficient (Wildman–Crippen LogP) is 4.01. The van der Waals surface area contributed by atoms with Gasteiger partial charge in [0.25, 0.3) is 0 Å². The van der Waals surface area contributed by atoms with E-state index in [0.29, 0.717) is 6.61 Å². The summed E-state index contributed by atoms with van der Waals surface area (Å²) < 4.78 is 10.7. The molecule has 3 rings (SSSR count). The Morgan fingerprint density at radius 2 is 1.80 bits per heavy atom. The summed E-state index contributed by atoms with van der Waals surface area (Å²) in [5.74, 6) is 0.432. The number of esters is 1. The largest absolute Gasteiger partial charge is 0.497 e. The molecule has 0 aliphatic carbocycles. The molecule has 0 radical (unpaired) electrons. The fraction of sp³-hybridized carbons (Fsp3) is 0.450. The summed E-state index contributed by atoms with van der Waals surface area (Å²) in [6.07, 6.45) is 2.51. The number of carbonyl (C=O) groups is 1. The first-order chi connectivity index (χ1) is 11.7. The van der Waals surface area contributed by atoms with Crippen LogP contribution in [0, 0.1) is 0 Å². The third-order valence-corrected chi connectivity index (χ3v) is 4.78. The van der Waals surface area contributed by atoms with E-state index in [0.717, 1.165) is 41.7 Å². The smallest absolute Gasteiger partial charge is 0.313 e. The maximum atomic E-state index is 12.3. The molecule has 1 atom stereocenters. The van der Waals surface area contributed by atoms with Crippen molar-refractivity contribution in [2.24, 2.45) is 0 Å². The Morgan fingerprint density at radius 3 is 2.52 bits per heavy atom. The number of hydrogen-bond donors (Lipinski definition) is 0. The number of likely N-dealkylation sites (tertiary alicyclic amines) is 1. The van der Waals surface area contributed by atoms with E-state index in [2.05, 4.69) is 11.0 Å². The predicted molar refractivity (Wildman–Crippen MR) is 103 cm³/mol. The molecule has 2 aromatic rings. The number of ether oxygens (including phenoxy) is 2. The van der Waals surface area contributed by atoms with Gasteiger partial charge in [-0.1, -0.05) is 24.3 Å². The van der Waals surface area contributed by atoms with Gasteiger partial charge >= 0.3 is 5.97 Å². The Bertz CT molecular complexity index is 713. The molecule has 136 valence electrons. The van der Waals surface area contributed by atoms with E-state index < -0.39 is 0 Å². The van der Waals surface area contributed by atoms with Crippen LogP contribution in [-0.4, -0.2) is 44.2 Å². The molecule has 1 saturated heterocycles. The molecule has 4 nitrogen and oxygen atoms in total. The maximum absolute atomic E-state index is 12.3. The van der Waals surface area contributed by atoms with E-state index in [9.17, 15) is 4.79 Å². The van der Waals surface area contributed by atoms with Crippen molar-refractivity contribution >= 4 is 29.1 Å². The van der Waals surface area contributed by atoms with E-state index in [1.165, 1.54) is 12.8 Å². The van der Waals surface area contributed by atoms with Crippen LogP contribution in [0.2, 0.25) is 0 Å². The van der Waals surface area contributed by atoms with Crippen LogP contribution in [-0.2, 0) is 9.53 Å². The van der Waals surface area contributed by atoms with Gasteiger partial charge in [0.2, 0.25) is 0 Å². The number of methoxy groups -OCH3 is 1. The molecule has 25 heavy (non-hydrogen) atoms. The fourth-order valence-electron chi connectivity index (χ4n) is 3.18. The maximum Gasteiger partial charge on any atom is 0.313 e. The number of rotatable bonds is 6. The second kappa shape index (κ2) is 9.07. The van der Waals surface area contributed by atoms with Gasteiger partial charge in [0, 0.05) is 6.54 Å². The van der Waals surface area contributed by atoms with Crippen molar-refractivity contribution in [2.45, 2.75) is 25.7 Å². The van der Waals surface area contributed by atoms with Crippen LogP contribution in [0.3, 0.4) is 0 Å². The van der Waals surface area contributed by atoms with Crippen LogP contribution in [0.5, 0.6) is 5.75 Å². The molecule has 5 heteroatoms. The Balaban J connectivity index is 0.00000225. The molecule has 1 fully saturated rings. The Hall–Kier alpha value is -1.78. The third kappa shape index (κ3) is 4.86. The Morgan fingerprint density at radius 1 is 1.12 bits per heavy atom. The quantitative estimate of drug-likeness (QED) is 0.727. The van der Waals surface area contributed by atoms with Crippen LogP contribution < -0.4 is 4.74 Å². The van der Waals surface area contributed by atoms with Gasteiger partial charge in [-0.2, -0.15) is 0 Å². The summed E-state index contributed by atoms with van der Waals surface area (Å²) in [5.41, 5.74) is 0.985. The van der Waals surface area contributed by atoms with E-state index >= 15 is 0 Å². The summed E-state index contributed by atoms with van der Waals surface area (Å²) in [6.45, 7) is 5.48. The molecule has 0 aromatic heterocycles. The Kier molecular flexibility index (Phi) is 7.09. The molecular weight excluding hydrogens is 338 g/mol. The molecule has 0 amide bonds. The van der Waals surface area contributed by atoms with E-state index in [-0.39, 0.29) is 24.3 Å². The number of hydrogen-bond acceptors (Lipinski definition) is 4. The van der Waals surface area contributed by atoms with Gasteiger partial charge < -0.3 is 9.47 Å². The van der Waals surface area contributed by atoms with Crippen molar-refractivity contribution in [1.82, 2.24) is 4.90 Å². The first kappa shape index (κ1) is 19.5. The lowest BCUT2D eigenvalue weighted by Crippen LogP contribution is -2.26. The minimum absolute atomic E-state index is 0. The van der Waals surface area contributed by atoms with Crippen LogP contribution in [0.4, 0.5) is 0 Å². The zero-order valence-corrected chi connectivity index (χ0v) is 15.7. The number of nitrogens with zero attached hydrogens (tertiary/aromatic N) is 1. The standard InChI is InChI=1S/C20H25NO3.ClH/c1-15(20(22)24-12-11-21-9-3-4-10-21)16-5-6-18-14-19(23-2)8-7-17(18)13-16;/h5-8,13-15H,3-4,9-12H2,1-2H3;1H. The van der Waals surface area contributed by atoms with Gasteiger partial charge in [-0.25, -0.2) is 0 Å². The van der Waals surface area contributed by atoms with E-state index in [1.807, 2.05) is 37.3 Å². The number of halogens is 1. The van der Waals surface area contributed by atoms with Crippen molar-refractivity contribution in [1.29, 1.82) is 0 Å². The Labute approximate surface area is 155 Å². The number of benzene rings is 2. The van der Waals surface area contributed by atoms with Crippen molar-refractivity contribution in [2.75, 3.05) is 33.4 Å². The minimum atomic E-state index is -0.255. The molecule has 2 aromatic carbocycles. The lowest BCUT2D eigenvalue weighted by Gasteiger charge is -2.16. The number of fused-ring (bicyclic) bond motifs is 1. The van der Waals surface area contributed by atoms with Crippen LogP contribution >= 0.6 is 12.4 Å². The average Bonchev–Trinajstić information content (AvgIpc) is 3.13. The lowest BCUT2D eigenvalue weighted by atomic mass is 9.98. The first-order valence-corrected chi connectivity index (χ1v) is 8.64. The van der Waals surface area contributed by atoms with Gasteiger partial charge in [0.05, 0.1) is 13.0 Å². The average molecular weight is 364 g/mol. The monoisotopic (exact) mass is 363 g/mol. The second-order valence-electron chi connectivity index (χ2n) is 6.41. The molecule has 0 spiro atoms. The molecule has 0 saturated carbocycles. The van der Waals surface area contributed by atoms with Crippen molar-refractivity contribution in [3.8, 4) is 5.75 Å². The van der Waals surface area contributed by atoms with Crippen molar-refractivity contribution in [3.63, 3.8) is 0 Å². The summed E-state index contributed by atoms with van der Waals surface area (Å²) in [4.78, 5) is 14.6. The van der Waals surface area contributed by atoms with E-state index in [4.69, 9.17) is 9.47 Å². The molecular formula is C20H26ClNO3. The van der Waals surface area contributed by atoms with Gasteiger partial charge in [0.1, 0.15) is 12.4 Å². The molecule has 1 unspecified atom stereocenters. The molecule has 1 heterocycles. The second-order valence-corrected chi connectivity index (χ2v) is 6.41. The van der Waals surface area contributed by atoms with E-state index in [1.54, 1.807) is 7.11 Å². The summed E-state index contributed by atoms with van der Waals surface area (Å²) in [7, 11) is 1.66. The van der Waals surface area contributed by atoms with Gasteiger partial charge in [-0.3, -0.25) is 9.69 Å².